The van der Waals surface area contributed by atoms with Gasteiger partial charge in [0.05, 0.1) is 16.8 Å². The largest absolute Gasteiger partial charge is 0.397 e. The highest BCUT2D eigenvalue weighted by molar-refractivity contribution is 5.43. The van der Waals surface area contributed by atoms with Gasteiger partial charge in [-0.1, -0.05) is 12.1 Å². The first-order valence-corrected chi connectivity index (χ1v) is 5.84. The Morgan fingerprint density at radius 2 is 1.95 bits per heavy atom. The lowest BCUT2D eigenvalue weighted by atomic mass is 10.1. The molecule has 0 aliphatic heterocycles. The fourth-order valence-corrected chi connectivity index (χ4v) is 1.63. The maximum absolute atomic E-state index is 10.5. The number of anilines is 2. The fraction of sp³-hybridized carbons (Fsp3) is 0.154. The molecule has 1 aromatic heterocycles. The fourth-order valence-electron chi connectivity index (χ4n) is 1.63. The van der Waals surface area contributed by atoms with Crippen molar-refractivity contribution in [2.45, 2.75) is 6.42 Å². The molecule has 1 heterocycles. The van der Waals surface area contributed by atoms with E-state index in [-0.39, 0.29) is 5.69 Å². The van der Waals surface area contributed by atoms with Gasteiger partial charge in [-0.2, -0.15) is 0 Å². The molecule has 0 aliphatic carbocycles. The molecular formula is C13H14N4O2. The maximum Gasteiger partial charge on any atom is 0.269 e. The van der Waals surface area contributed by atoms with Crippen LogP contribution < -0.4 is 11.1 Å². The number of hydrogen-bond acceptors (Lipinski definition) is 5. The summed E-state index contributed by atoms with van der Waals surface area (Å²) in [6, 6.07) is 10.1. The SMILES string of the molecule is Nc1ccc(NCCc2ccc([N+](=O)[O-])cc2)nc1. The molecule has 0 fully saturated rings. The summed E-state index contributed by atoms with van der Waals surface area (Å²) in [6.45, 7) is 0.703. The van der Waals surface area contributed by atoms with Crippen molar-refractivity contribution >= 4 is 17.2 Å². The molecule has 0 spiro atoms. The smallest absolute Gasteiger partial charge is 0.269 e. The van der Waals surface area contributed by atoms with Crippen LogP contribution in [0.15, 0.2) is 42.6 Å². The summed E-state index contributed by atoms with van der Waals surface area (Å²) >= 11 is 0. The van der Waals surface area contributed by atoms with Crippen molar-refractivity contribution in [2.24, 2.45) is 0 Å². The first-order valence-electron chi connectivity index (χ1n) is 5.84. The van der Waals surface area contributed by atoms with Gasteiger partial charge in [-0.05, 0) is 24.1 Å². The monoisotopic (exact) mass is 258 g/mol. The van der Waals surface area contributed by atoms with Crippen molar-refractivity contribution < 1.29 is 4.92 Å². The lowest BCUT2D eigenvalue weighted by molar-refractivity contribution is -0.384. The third kappa shape index (κ3) is 3.67. The standard InChI is InChI=1S/C13H14N4O2/c14-11-3-6-13(16-9-11)15-8-7-10-1-4-12(5-2-10)17(18)19/h1-6,9H,7-8,14H2,(H,15,16). The van der Waals surface area contributed by atoms with E-state index in [0.717, 1.165) is 17.8 Å². The Labute approximate surface area is 110 Å². The Balaban J connectivity index is 1.85. The van der Waals surface area contributed by atoms with Gasteiger partial charge in [0.15, 0.2) is 0 Å². The van der Waals surface area contributed by atoms with Gasteiger partial charge in [0, 0.05) is 18.7 Å². The van der Waals surface area contributed by atoms with E-state index in [9.17, 15) is 10.1 Å². The van der Waals surface area contributed by atoms with E-state index < -0.39 is 4.92 Å². The molecule has 6 heteroatoms. The molecular weight excluding hydrogens is 244 g/mol. The third-order valence-electron chi connectivity index (χ3n) is 2.65. The molecule has 1 aromatic carbocycles. The number of rotatable bonds is 5. The number of hydrogen-bond donors (Lipinski definition) is 2. The zero-order chi connectivity index (χ0) is 13.7. The predicted molar refractivity (Wildman–Crippen MR) is 73.9 cm³/mol. The summed E-state index contributed by atoms with van der Waals surface area (Å²) in [5.41, 5.74) is 7.31. The third-order valence-corrected chi connectivity index (χ3v) is 2.65. The minimum atomic E-state index is -0.402. The molecule has 3 N–H and O–H groups in total. The van der Waals surface area contributed by atoms with Gasteiger partial charge in [0.25, 0.3) is 5.69 Å². The number of nitrogens with zero attached hydrogens (tertiary/aromatic N) is 2. The van der Waals surface area contributed by atoms with Gasteiger partial charge < -0.3 is 11.1 Å². The highest BCUT2D eigenvalue weighted by atomic mass is 16.6. The van der Waals surface area contributed by atoms with Crippen LogP contribution in [0.1, 0.15) is 5.56 Å². The van der Waals surface area contributed by atoms with E-state index in [1.165, 1.54) is 12.1 Å². The molecule has 0 amide bonds. The first-order chi connectivity index (χ1) is 9.15. The summed E-state index contributed by atoms with van der Waals surface area (Å²) in [5, 5.41) is 13.7. The van der Waals surface area contributed by atoms with E-state index in [0.29, 0.717) is 12.2 Å². The van der Waals surface area contributed by atoms with Gasteiger partial charge in [-0.25, -0.2) is 4.98 Å². The summed E-state index contributed by atoms with van der Waals surface area (Å²) in [6.07, 6.45) is 2.36. The molecule has 0 saturated heterocycles. The molecule has 0 aliphatic rings. The number of nitrogens with one attached hydrogen (secondary N) is 1. The van der Waals surface area contributed by atoms with Crippen molar-refractivity contribution in [3.05, 3.63) is 58.3 Å². The lowest BCUT2D eigenvalue weighted by Gasteiger charge is -2.05. The van der Waals surface area contributed by atoms with Crippen molar-refractivity contribution in [2.75, 3.05) is 17.6 Å². The molecule has 0 atom stereocenters. The number of non-ortho nitro benzene ring substituents is 1. The van der Waals surface area contributed by atoms with Gasteiger partial charge in [-0.15, -0.1) is 0 Å². The van der Waals surface area contributed by atoms with E-state index in [4.69, 9.17) is 5.73 Å². The normalized spacial score (nSPS) is 10.1. The zero-order valence-corrected chi connectivity index (χ0v) is 10.2. The molecule has 19 heavy (non-hydrogen) atoms. The summed E-state index contributed by atoms with van der Waals surface area (Å²) in [5.74, 6) is 0.760. The summed E-state index contributed by atoms with van der Waals surface area (Å²) < 4.78 is 0. The zero-order valence-electron chi connectivity index (χ0n) is 10.2. The van der Waals surface area contributed by atoms with E-state index in [2.05, 4.69) is 10.3 Å². The van der Waals surface area contributed by atoms with Crippen LogP contribution in [-0.2, 0) is 6.42 Å². The molecule has 0 saturated carbocycles. The summed E-state index contributed by atoms with van der Waals surface area (Å²) in [7, 11) is 0. The van der Waals surface area contributed by atoms with Gasteiger partial charge in [0.2, 0.25) is 0 Å². The van der Waals surface area contributed by atoms with Crippen LogP contribution in [0.5, 0.6) is 0 Å². The number of pyridine rings is 1. The minimum Gasteiger partial charge on any atom is -0.397 e. The first kappa shape index (κ1) is 12.8. The predicted octanol–water partition coefficient (Wildman–Crippen LogP) is 2.23. The number of benzene rings is 1. The second-order valence-corrected chi connectivity index (χ2v) is 4.08. The Hall–Kier alpha value is -2.63. The Bertz CT molecular complexity index is 552. The number of nitrogens with two attached hydrogens (primary N) is 1. The highest BCUT2D eigenvalue weighted by Gasteiger charge is 2.03. The van der Waals surface area contributed by atoms with Crippen LogP contribution in [0, 0.1) is 10.1 Å². The number of nitro benzene ring substituents is 1. The lowest BCUT2D eigenvalue weighted by Crippen LogP contribution is -2.06. The maximum atomic E-state index is 10.5. The van der Waals surface area contributed by atoms with Crippen LogP contribution in [0.2, 0.25) is 0 Å². The molecule has 0 radical (unpaired) electrons. The number of nitrogen functional groups attached to an aromatic ring is 1. The Morgan fingerprint density at radius 3 is 2.53 bits per heavy atom. The van der Waals surface area contributed by atoms with E-state index >= 15 is 0 Å². The van der Waals surface area contributed by atoms with Crippen molar-refractivity contribution in [3.8, 4) is 0 Å². The van der Waals surface area contributed by atoms with Crippen LogP contribution >= 0.6 is 0 Å². The summed E-state index contributed by atoms with van der Waals surface area (Å²) in [4.78, 5) is 14.2. The molecule has 0 bridgehead atoms. The second kappa shape index (κ2) is 5.81. The molecule has 6 nitrogen and oxygen atoms in total. The average Bonchev–Trinajstić information content (AvgIpc) is 2.41. The number of aromatic nitrogens is 1. The van der Waals surface area contributed by atoms with Gasteiger partial charge in [-0.3, -0.25) is 10.1 Å². The second-order valence-electron chi connectivity index (χ2n) is 4.08. The molecule has 98 valence electrons. The van der Waals surface area contributed by atoms with Crippen LogP contribution in [0.25, 0.3) is 0 Å². The van der Waals surface area contributed by atoms with Crippen molar-refractivity contribution in [1.82, 2.24) is 4.98 Å². The van der Waals surface area contributed by atoms with E-state index in [1.54, 1.807) is 24.4 Å². The van der Waals surface area contributed by atoms with Crippen LogP contribution in [-0.4, -0.2) is 16.5 Å². The number of nitro groups is 1. The molecule has 2 aromatic rings. The quantitative estimate of drug-likeness (QED) is 0.633. The van der Waals surface area contributed by atoms with Gasteiger partial charge in [0.1, 0.15) is 5.82 Å². The van der Waals surface area contributed by atoms with Crippen molar-refractivity contribution in [1.29, 1.82) is 0 Å². The minimum absolute atomic E-state index is 0.108. The van der Waals surface area contributed by atoms with Crippen molar-refractivity contribution in [3.63, 3.8) is 0 Å². The van der Waals surface area contributed by atoms with Crippen LogP contribution in [0.3, 0.4) is 0 Å². The average molecular weight is 258 g/mol. The van der Waals surface area contributed by atoms with E-state index in [1.807, 2.05) is 6.07 Å². The molecule has 2 rings (SSSR count). The highest BCUT2D eigenvalue weighted by Crippen LogP contribution is 2.12. The Kier molecular flexibility index (Phi) is 3.92. The Morgan fingerprint density at radius 1 is 1.21 bits per heavy atom. The topological polar surface area (TPSA) is 94.1 Å². The molecule has 0 unspecified atom stereocenters. The van der Waals surface area contributed by atoms with Gasteiger partial charge >= 0.3 is 0 Å². The van der Waals surface area contributed by atoms with Crippen LogP contribution in [0.4, 0.5) is 17.2 Å².